The second kappa shape index (κ2) is 9.51. The van der Waals surface area contributed by atoms with E-state index in [4.69, 9.17) is 51.1 Å². The lowest BCUT2D eigenvalue weighted by Crippen LogP contribution is -2.42. The van der Waals surface area contributed by atoms with Crippen LogP contribution in [0, 0.1) is 0 Å². The summed E-state index contributed by atoms with van der Waals surface area (Å²) in [6.07, 6.45) is -0.873. The number of para-hydroxylation sites is 1. The Morgan fingerprint density at radius 2 is 1.59 bits per heavy atom. The number of likely N-dealkylation sites (N-methyl/N-ethyl adjacent to an activating group) is 1. The van der Waals surface area contributed by atoms with Gasteiger partial charge >= 0.3 is 0 Å². The summed E-state index contributed by atoms with van der Waals surface area (Å²) < 4.78 is 5.57. The number of hydrogen-bond donors (Lipinski definition) is 1. The molecule has 2 aromatic rings. The van der Waals surface area contributed by atoms with E-state index in [2.05, 4.69) is 5.32 Å². The number of halogens is 4. The largest absolute Gasteiger partial charge is 0.479 e. The molecule has 0 spiro atoms. The predicted molar refractivity (Wildman–Crippen MR) is 109 cm³/mol. The smallest absolute Gasteiger partial charge is 0.263 e. The highest BCUT2D eigenvalue weighted by Gasteiger charge is 2.23. The molecule has 0 radical (unpaired) electrons. The molecule has 1 N–H and O–H groups in total. The van der Waals surface area contributed by atoms with Crippen LogP contribution < -0.4 is 10.1 Å². The Kier molecular flexibility index (Phi) is 7.62. The van der Waals surface area contributed by atoms with Gasteiger partial charge in [-0.1, -0.05) is 58.5 Å². The van der Waals surface area contributed by atoms with E-state index in [1.165, 1.54) is 11.9 Å². The Balaban J connectivity index is 1.98. The van der Waals surface area contributed by atoms with Crippen LogP contribution in [0.2, 0.25) is 20.1 Å². The molecule has 144 valence electrons. The van der Waals surface area contributed by atoms with Crippen molar-refractivity contribution >= 4 is 63.9 Å². The average Bonchev–Trinajstić information content (AvgIpc) is 2.61. The first kappa shape index (κ1) is 21.6. The number of benzene rings is 2. The van der Waals surface area contributed by atoms with Crippen LogP contribution in [0.15, 0.2) is 36.4 Å². The fraction of sp³-hybridized carbons (Fsp3) is 0.222. The van der Waals surface area contributed by atoms with Gasteiger partial charge in [0.25, 0.3) is 5.91 Å². The molecule has 0 aromatic heterocycles. The lowest BCUT2D eigenvalue weighted by molar-refractivity contribution is -0.139. The summed E-state index contributed by atoms with van der Waals surface area (Å²) in [6, 6.07) is 9.73. The van der Waals surface area contributed by atoms with Gasteiger partial charge in [0.15, 0.2) is 6.10 Å². The highest BCUT2D eigenvalue weighted by atomic mass is 35.5. The number of hydrogen-bond acceptors (Lipinski definition) is 3. The van der Waals surface area contributed by atoms with E-state index in [9.17, 15) is 9.59 Å². The summed E-state index contributed by atoms with van der Waals surface area (Å²) in [5.74, 6) is -0.578. The molecular weight excluding hydrogens is 434 g/mol. The molecule has 1 atom stereocenters. The van der Waals surface area contributed by atoms with Crippen molar-refractivity contribution in [2.45, 2.75) is 13.0 Å². The van der Waals surface area contributed by atoms with Crippen LogP contribution in [-0.4, -0.2) is 36.4 Å². The van der Waals surface area contributed by atoms with Crippen LogP contribution in [0.25, 0.3) is 0 Å². The van der Waals surface area contributed by atoms with Crippen LogP contribution in [-0.2, 0) is 9.59 Å². The molecule has 0 bridgehead atoms. The van der Waals surface area contributed by atoms with E-state index in [0.29, 0.717) is 20.8 Å². The highest BCUT2D eigenvalue weighted by molar-refractivity contribution is 6.43. The molecule has 0 aliphatic rings. The Morgan fingerprint density at radius 3 is 2.22 bits per heavy atom. The Labute approximate surface area is 177 Å². The molecule has 5 nitrogen and oxygen atoms in total. The van der Waals surface area contributed by atoms with Crippen LogP contribution in [0.5, 0.6) is 5.75 Å². The number of nitrogens with one attached hydrogen (secondary N) is 1. The van der Waals surface area contributed by atoms with Gasteiger partial charge in [-0.25, -0.2) is 0 Å². The molecule has 0 heterocycles. The number of rotatable bonds is 6. The van der Waals surface area contributed by atoms with Crippen LogP contribution >= 0.6 is 46.4 Å². The number of nitrogens with zero attached hydrogens (tertiary/aromatic N) is 1. The first-order chi connectivity index (χ1) is 12.7. The zero-order chi connectivity index (χ0) is 20.1. The Morgan fingerprint density at radius 1 is 1.04 bits per heavy atom. The maximum atomic E-state index is 12.5. The molecule has 2 aromatic carbocycles. The van der Waals surface area contributed by atoms with Crippen molar-refractivity contribution in [1.29, 1.82) is 0 Å². The van der Waals surface area contributed by atoms with Crippen molar-refractivity contribution in [3.63, 3.8) is 0 Å². The van der Waals surface area contributed by atoms with Crippen LogP contribution in [0.3, 0.4) is 0 Å². The standard InChI is InChI=1S/C18H16Cl4N2O3/c1-10(27-14-8-4-5-11(19)16(14)22)18(26)24(2)9-15(25)23-17-12(20)6-3-7-13(17)21/h3-8,10H,9H2,1-2H3,(H,23,25). The summed E-state index contributed by atoms with van der Waals surface area (Å²) in [5.41, 5.74) is 0.293. The number of amides is 2. The monoisotopic (exact) mass is 448 g/mol. The van der Waals surface area contributed by atoms with Gasteiger partial charge in [-0.3, -0.25) is 9.59 Å². The lowest BCUT2D eigenvalue weighted by atomic mass is 10.3. The van der Waals surface area contributed by atoms with E-state index in [0.717, 1.165) is 0 Å². The molecule has 27 heavy (non-hydrogen) atoms. The molecule has 0 saturated carbocycles. The number of carbonyl (C=O) groups is 2. The van der Waals surface area contributed by atoms with Gasteiger partial charge < -0.3 is 15.0 Å². The maximum absolute atomic E-state index is 12.5. The van der Waals surface area contributed by atoms with E-state index in [1.807, 2.05) is 0 Å². The molecule has 0 saturated heterocycles. The molecule has 1 unspecified atom stereocenters. The van der Waals surface area contributed by atoms with Gasteiger partial charge in [0.05, 0.1) is 27.3 Å². The third-order valence-electron chi connectivity index (χ3n) is 3.55. The number of carbonyl (C=O) groups excluding carboxylic acids is 2. The minimum Gasteiger partial charge on any atom is -0.479 e. The van der Waals surface area contributed by atoms with Gasteiger partial charge in [-0.05, 0) is 31.2 Å². The summed E-state index contributed by atoms with van der Waals surface area (Å²) in [7, 11) is 1.48. The van der Waals surface area contributed by atoms with Gasteiger partial charge in [0, 0.05) is 7.05 Å². The van der Waals surface area contributed by atoms with Gasteiger partial charge in [-0.15, -0.1) is 0 Å². The lowest BCUT2D eigenvalue weighted by Gasteiger charge is -2.22. The Bertz CT molecular complexity index is 840. The number of ether oxygens (including phenoxy) is 1. The number of anilines is 1. The summed E-state index contributed by atoms with van der Waals surface area (Å²) in [5, 5.41) is 3.73. The average molecular weight is 450 g/mol. The van der Waals surface area contributed by atoms with E-state index < -0.39 is 17.9 Å². The summed E-state index contributed by atoms with van der Waals surface area (Å²) >= 11 is 24.0. The van der Waals surface area contributed by atoms with Gasteiger partial charge in [0.1, 0.15) is 10.8 Å². The van der Waals surface area contributed by atoms with Crippen molar-refractivity contribution in [3.05, 3.63) is 56.5 Å². The molecular formula is C18H16Cl4N2O3. The normalized spacial score (nSPS) is 11.6. The maximum Gasteiger partial charge on any atom is 0.263 e. The summed E-state index contributed by atoms with van der Waals surface area (Å²) in [6.45, 7) is 1.34. The highest BCUT2D eigenvalue weighted by Crippen LogP contribution is 2.32. The SMILES string of the molecule is CC(Oc1cccc(Cl)c1Cl)C(=O)N(C)CC(=O)Nc1c(Cl)cccc1Cl. The third kappa shape index (κ3) is 5.66. The van der Waals surface area contributed by atoms with E-state index in [1.54, 1.807) is 43.3 Å². The zero-order valence-electron chi connectivity index (χ0n) is 14.4. The van der Waals surface area contributed by atoms with Gasteiger partial charge in [0.2, 0.25) is 5.91 Å². The third-order valence-corrected chi connectivity index (χ3v) is 4.98. The summed E-state index contributed by atoms with van der Waals surface area (Å²) in [4.78, 5) is 25.9. The fourth-order valence-corrected chi connectivity index (χ4v) is 3.04. The second-order valence-electron chi connectivity index (χ2n) is 5.65. The minimum atomic E-state index is -0.873. The van der Waals surface area contributed by atoms with Crippen molar-refractivity contribution in [2.24, 2.45) is 0 Å². The molecule has 9 heteroatoms. The van der Waals surface area contributed by atoms with Gasteiger partial charge in [-0.2, -0.15) is 0 Å². The topological polar surface area (TPSA) is 58.6 Å². The molecule has 0 fully saturated rings. The van der Waals surface area contributed by atoms with Crippen LogP contribution in [0.4, 0.5) is 5.69 Å². The predicted octanol–water partition coefficient (Wildman–Crippen LogP) is 5.16. The van der Waals surface area contributed by atoms with E-state index in [-0.39, 0.29) is 17.3 Å². The quantitative estimate of drug-likeness (QED) is 0.662. The van der Waals surface area contributed by atoms with Crippen molar-refractivity contribution < 1.29 is 14.3 Å². The fourth-order valence-electron chi connectivity index (χ4n) is 2.22. The Hall–Kier alpha value is -1.66. The molecule has 0 aliphatic carbocycles. The van der Waals surface area contributed by atoms with Crippen molar-refractivity contribution in [3.8, 4) is 5.75 Å². The first-order valence-electron chi connectivity index (χ1n) is 7.80. The van der Waals surface area contributed by atoms with Crippen molar-refractivity contribution in [2.75, 3.05) is 18.9 Å². The molecule has 0 aliphatic heterocycles. The molecule has 2 rings (SSSR count). The zero-order valence-corrected chi connectivity index (χ0v) is 17.5. The molecule has 2 amide bonds. The minimum absolute atomic E-state index is 0.211. The first-order valence-corrected chi connectivity index (χ1v) is 9.31. The van der Waals surface area contributed by atoms with Crippen molar-refractivity contribution in [1.82, 2.24) is 4.90 Å². The van der Waals surface area contributed by atoms with Crippen LogP contribution in [0.1, 0.15) is 6.92 Å². The second-order valence-corrected chi connectivity index (χ2v) is 7.25. The van der Waals surface area contributed by atoms with E-state index >= 15 is 0 Å².